The molecule has 17 heavy (non-hydrogen) atoms. The molecule has 0 spiro atoms. The molecule has 2 amide bonds. The van der Waals surface area contributed by atoms with E-state index < -0.39 is 23.5 Å². The molecule has 0 saturated carbocycles. The molecular formula is C12H16N2O3. The van der Waals surface area contributed by atoms with Crippen LogP contribution in [0.15, 0.2) is 12.2 Å². The quantitative estimate of drug-likeness (QED) is 0.499. The molecule has 0 aromatic rings. The highest BCUT2D eigenvalue weighted by Crippen LogP contribution is 2.17. The summed E-state index contributed by atoms with van der Waals surface area (Å²) in [5.41, 5.74) is -0.724. The van der Waals surface area contributed by atoms with Crippen molar-refractivity contribution in [3.05, 3.63) is 12.2 Å². The smallest absolute Gasteiger partial charge is 0.316 e. The molecule has 1 aliphatic rings. The largest absolute Gasteiger partial charge is 0.481 e. The van der Waals surface area contributed by atoms with Gasteiger partial charge in [-0.15, -0.1) is 6.42 Å². The normalized spacial score (nSPS) is 22.9. The maximum Gasteiger partial charge on any atom is 0.316 e. The highest BCUT2D eigenvalue weighted by Gasteiger charge is 2.26. The van der Waals surface area contributed by atoms with Crippen LogP contribution in [-0.2, 0) is 4.79 Å². The minimum Gasteiger partial charge on any atom is -0.481 e. The molecule has 0 aliphatic heterocycles. The molecule has 0 radical (unpaired) electrons. The van der Waals surface area contributed by atoms with Crippen molar-refractivity contribution in [1.82, 2.24) is 10.6 Å². The predicted octanol–water partition coefficient (Wildman–Crippen LogP) is 0.727. The second kappa shape index (κ2) is 4.91. The lowest BCUT2D eigenvalue weighted by Crippen LogP contribution is -2.49. The third-order valence-electron chi connectivity index (χ3n) is 2.50. The minimum absolute atomic E-state index is 0.260. The first-order chi connectivity index (χ1) is 7.84. The van der Waals surface area contributed by atoms with E-state index in [1.165, 1.54) is 0 Å². The molecule has 92 valence electrons. The van der Waals surface area contributed by atoms with Crippen LogP contribution in [0.3, 0.4) is 0 Å². The average Bonchev–Trinajstić information content (AvgIpc) is 2.65. The van der Waals surface area contributed by atoms with Crippen LogP contribution in [-0.4, -0.2) is 28.7 Å². The zero-order valence-electron chi connectivity index (χ0n) is 9.86. The molecule has 0 saturated heterocycles. The van der Waals surface area contributed by atoms with Gasteiger partial charge in [0.05, 0.1) is 17.5 Å². The van der Waals surface area contributed by atoms with E-state index in [0.29, 0.717) is 6.42 Å². The van der Waals surface area contributed by atoms with Gasteiger partial charge < -0.3 is 15.7 Å². The van der Waals surface area contributed by atoms with Crippen molar-refractivity contribution in [3.63, 3.8) is 0 Å². The second-order valence-electron chi connectivity index (χ2n) is 4.54. The fourth-order valence-electron chi connectivity index (χ4n) is 1.51. The Bertz CT molecular complexity index is 393. The molecule has 0 fully saturated rings. The van der Waals surface area contributed by atoms with Crippen molar-refractivity contribution in [2.75, 3.05) is 0 Å². The molecular weight excluding hydrogens is 220 g/mol. The standard InChI is InChI=1S/C12H16N2O3/c1-4-12(2,3)14-11(17)13-9-6-5-8(7-9)10(15)16/h1,5-6,8-9H,7H2,2-3H3,(H,15,16)(H2,13,14,17). The number of carboxylic acids is 1. The van der Waals surface area contributed by atoms with Crippen molar-refractivity contribution in [3.8, 4) is 12.3 Å². The Morgan fingerprint density at radius 1 is 1.47 bits per heavy atom. The Morgan fingerprint density at radius 2 is 2.12 bits per heavy atom. The van der Waals surface area contributed by atoms with Crippen LogP contribution in [0.1, 0.15) is 20.3 Å². The van der Waals surface area contributed by atoms with Gasteiger partial charge in [-0.05, 0) is 20.3 Å². The SMILES string of the molecule is C#CC(C)(C)NC(=O)NC1C=CC(C(=O)O)C1. The molecule has 5 nitrogen and oxygen atoms in total. The van der Waals surface area contributed by atoms with Gasteiger partial charge in [0.15, 0.2) is 0 Å². The van der Waals surface area contributed by atoms with Crippen LogP contribution in [0.2, 0.25) is 0 Å². The lowest BCUT2D eigenvalue weighted by Gasteiger charge is -2.21. The summed E-state index contributed by atoms with van der Waals surface area (Å²) in [6, 6.07) is -0.654. The summed E-state index contributed by atoms with van der Waals surface area (Å²) in [5, 5.41) is 14.1. The van der Waals surface area contributed by atoms with E-state index in [9.17, 15) is 9.59 Å². The zero-order chi connectivity index (χ0) is 13.1. The number of carbonyl (C=O) groups is 2. The molecule has 0 heterocycles. The predicted molar refractivity (Wildman–Crippen MR) is 63.3 cm³/mol. The van der Waals surface area contributed by atoms with Crippen LogP contribution >= 0.6 is 0 Å². The van der Waals surface area contributed by atoms with Crippen molar-refractivity contribution in [2.45, 2.75) is 31.8 Å². The van der Waals surface area contributed by atoms with E-state index in [4.69, 9.17) is 11.5 Å². The van der Waals surface area contributed by atoms with Gasteiger partial charge in [-0.3, -0.25) is 4.79 Å². The van der Waals surface area contributed by atoms with Crippen LogP contribution in [0.4, 0.5) is 4.79 Å². The van der Waals surface area contributed by atoms with Gasteiger partial charge in [0.1, 0.15) is 0 Å². The lowest BCUT2D eigenvalue weighted by atomic mass is 10.1. The Kier molecular flexibility index (Phi) is 3.79. The molecule has 0 aromatic heterocycles. The van der Waals surface area contributed by atoms with Gasteiger partial charge in [0.2, 0.25) is 0 Å². The molecule has 0 bridgehead atoms. The summed E-state index contributed by atoms with van der Waals surface area (Å²) in [7, 11) is 0. The van der Waals surface area contributed by atoms with E-state index in [-0.39, 0.29) is 6.04 Å². The Balaban J connectivity index is 2.43. The summed E-state index contributed by atoms with van der Waals surface area (Å²) in [6.45, 7) is 3.41. The van der Waals surface area contributed by atoms with E-state index in [1.54, 1.807) is 26.0 Å². The molecule has 1 aliphatic carbocycles. The summed E-state index contributed by atoms with van der Waals surface area (Å²) in [6.07, 6.45) is 8.88. The fraction of sp³-hybridized carbons (Fsp3) is 0.500. The monoisotopic (exact) mass is 236 g/mol. The van der Waals surface area contributed by atoms with Gasteiger partial charge >= 0.3 is 12.0 Å². The van der Waals surface area contributed by atoms with Crippen molar-refractivity contribution in [1.29, 1.82) is 0 Å². The van der Waals surface area contributed by atoms with E-state index >= 15 is 0 Å². The van der Waals surface area contributed by atoms with E-state index in [0.717, 1.165) is 0 Å². The van der Waals surface area contributed by atoms with Gasteiger partial charge in [-0.25, -0.2) is 4.79 Å². The molecule has 3 N–H and O–H groups in total. The van der Waals surface area contributed by atoms with Crippen molar-refractivity contribution < 1.29 is 14.7 Å². The molecule has 0 aromatic carbocycles. The topological polar surface area (TPSA) is 78.4 Å². The number of carbonyl (C=O) groups excluding carboxylic acids is 1. The number of nitrogens with one attached hydrogen (secondary N) is 2. The van der Waals surface area contributed by atoms with Crippen LogP contribution in [0, 0.1) is 18.3 Å². The van der Waals surface area contributed by atoms with E-state index in [1.807, 2.05) is 0 Å². The zero-order valence-corrected chi connectivity index (χ0v) is 9.86. The molecule has 5 heteroatoms. The highest BCUT2D eigenvalue weighted by atomic mass is 16.4. The third-order valence-corrected chi connectivity index (χ3v) is 2.50. The minimum atomic E-state index is -0.880. The molecule has 2 unspecified atom stereocenters. The molecule has 1 rings (SSSR count). The van der Waals surface area contributed by atoms with Crippen LogP contribution in [0.5, 0.6) is 0 Å². The summed E-state index contributed by atoms with van der Waals surface area (Å²) in [5.74, 6) is 1.03. The first-order valence-corrected chi connectivity index (χ1v) is 5.31. The number of amides is 2. The number of hydrogen-bond donors (Lipinski definition) is 3. The summed E-state index contributed by atoms with van der Waals surface area (Å²) >= 11 is 0. The van der Waals surface area contributed by atoms with E-state index in [2.05, 4.69) is 16.6 Å². The van der Waals surface area contributed by atoms with Gasteiger partial charge in [-0.2, -0.15) is 0 Å². The number of carboxylic acid groups (broad SMARTS) is 1. The van der Waals surface area contributed by atoms with Gasteiger partial charge in [-0.1, -0.05) is 18.1 Å². The Labute approximate surface area is 100 Å². The Morgan fingerprint density at radius 3 is 2.59 bits per heavy atom. The van der Waals surface area contributed by atoms with Crippen molar-refractivity contribution >= 4 is 12.0 Å². The van der Waals surface area contributed by atoms with Gasteiger partial charge in [0, 0.05) is 0 Å². The second-order valence-corrected chi connectivity index (χ2v) is 4.54. The number of aliphatic carboxylic acids is 1. The fourth-order valence-corrected chi connectivity index (χ4v) is 1.51. The highest BCUT2D eigenvalue weighted by molar-refractivity contribution is 5.77. The Hall–Kier alpha value is -1.96. The average molecular weight is 236 g/mol. The molecule has 2 atom stereocenters. The number of terminal acetylenes is 1. The number of rotatable bonds is 3. The van der Waals surface area contributed by atoms with Crippen LogP contribution in [0.25, 0.3) is 0 Å². The number of urea groups is 1. The van der Waals surface area contributed by atoms with Gasteiger partial charge in [0.25, 0.3) is 0 Å². The maximum atomic E-state index is 11.6. The number of hydrogen-bond acceptors (Lipinski definition) is 2. The first kappa shape index (κ1) is 13.1. The third kappa shape index (κ3) is 3.83. The summed E-state index contributed by atoms with van der Waals surface area (Å²) in [4.78, 5) is 22.3. The van der Waals surface area contributed by atoms with Crippen molar-refractivity contribution in [2.24, 2.45) is 5.92 Å². The summed E-state index contributed by atoms with van der Waals surface area (Å²) < 4.78 is 0. The first-order valence-electron chi connectivity index (χ1n) is 5.31. The van der Waals surface area contributed by atoms with Crippen LogP contribution < -0.4 is 10.6 Å². The maximum absolute atomic E-state index is 11.6. The lowest BCUT2D eigenvalue weighted by molar-refractivity contribution is -0.140.